The van der Waals surface area contributed by atoms with Crippen LogP contribution in [0.2, 0.25) is 0 Å². The zero-order chi connectivity index (χ0) is 15.9. The van der Waals surface area contributed by atoms with Crippen LogP contribution in [0.15, 0.2) is 48.5 Å². The molecule has 0 aromatic heterocycles. The van der Waals surface area contributed by atoms with E-state index in [1.807, 2.05) is 48.5 Å². The van der Waals surface area contributed by atoms with E-state index in [-0.39, 0.29) is 18.7 Å². The minimum absolute atomic E-state index is 0.0215. The van der Waals surface area contributed by atoms with Gasteiger partial charge in [-0.05, 0) is 42.3 Å². The van der Waals surface area contributed by atoms with Crippen LogP contribution in [0.25, 0.3) is 0 Å². The first kappa shape index (κ1) is 16.3. The largest absolute Gasteiger partial charge is 0.497 e. The molecule has 4 nitrogen and oxygen atoms in total. The van der Waals surface area contributed by atoms with Crippen LogP contribution in [0.4, 0.5) is 0 Å². The highest BCUT2D eigenvalue weighted by Gasteiger charge is 2.15. The van der Waals surface area contributed by atoms with Crippen molar-refractivity contribution in [2.24, 2.45) is 0 Å². The molecule has 2 rings (SSSR count). The van der Waals surface area contributed by atoms with Crippen molar-refractivity contribution >= 4 is 0 Å². The third-order valence-electron chi connectivity index (χ3n) is 3.75. The van der Waals surface area contributed by atoms with Crippen molar-refractivity contribution in [1.29, 1.82) is 0 Å². The van der Waals surface area contributed by atoms with E-state index in [4.69, 9.17) is 9.47 Å². The maximum atomic E-state index is 9.70. The van der Waals surface area contributed by atoms with Crippen LogP contribution in [0, 0.1) is 0 Å². The van der Waals surface area contributed by atoms with Crippen molar-refractivity contribution in [3.63, 3.8) is 0 Å². The van der Waals surface area contributed by atoms with Crippen molar-refractivity contribution in [1.82, 2.24) is 5.32 Å². The molecule has 0 amide bonds. The number of aliphatic hydroxyl groups is 1. The zero-order valence-corrected chi connectivity index (χ0v) is 13.2. The molecule has 0 saturated carbocycles. The van der Waals surface area contributed by atoms with Gasteiger partial charge in [-0.2, -0.15) is 0 Å². The summed E-state index contributed by atoms with van der Waals surface area (Å²) in [6.07, 6.45) is 0. The Morgan fingerprint density at radius 3 is 2.23 bits per heavy atom. The Balaban J connectivity index is 2.10. The molecule has 2 N–H and O–H groups in total. The maximum absolute atomic E-state index is 9.70. The molecule has 2 atom stereocenters. The van der Waals surface area contributed by atoms with Crippen molar-refractivity contribution in [3.05, 3.63) is 59.7 Å². The Hall–Kier alpha value is -2.04. The normalized spacial score (nSPS) is 13.5. The highest BCUT2D eigenvalue weighted by Crippen LogP contribution is 2.23. The number of hydrogen-bond donors (Lipinski definition) is 2. The van der Waals surface area contributed by atoms with E-state index in [1.165, 1.54) is 0 Å². The fourth-order valence-corrected chi connectivity index (χ4v) is 2.40. The molecule has 2 aromatic carbocycles. The lowest BCUT2D eigenvalue weighted by molar-refractivity contribution is 0.235. The third kappa shape index (κ3) is 4.00. The Labute approximate surface area is 131 Å². The summed E-state index contributed by atoms with van der Waals surface area (Å²) in [5.41, 5.74) is 2.14. The van der Waals surface area contributed by atoms with Crippen molar-refractivity contribution in [2.45, 2.75) is 19.0 Å². The van der Waals surface area contributed by atoms with Crippen LogP contribution in [0.5, 0.6) is 11.5 Å². The van der Waals surface area contributed by atoms with Gasteiger partial charge in [-0.3, -0.25) is 0 Å². The van der Waals surface area contributed by atoms with Gasteiger partial charge in [0.1, 0.15) is 11.5 Å². The molecular weight excluding hydrogens is 278 g/mol. The average Bonchev–Trinajstić information content (AvgIpc) is 2.59. The third-order valence-corrected chi connectivity index (χ3v) is 3.75. The first-order valence-electron chi connectivity index (χ1n) is 7.32. The summed E-state index contributed by atoms with van der Waals surface area (Å²) in [6.45, 7) is 2.10. The standard InChI is InChI=1S/C18H23NO3/c1-13(14-7-9-16(21-2)10-8-14)19-18(12-20)15-5-4-6-17(11-15)22-3/h4-11,13,18-20H,12H2,1-3H3. The Kier molecular flexibility index (Phi) is 5.81. The lowest BCUT2D eigenvalue weighted by atomic mass is 10.0. The average molecular weight is 301 g/mol. The van der Waals surface area contributed by atoms with Gasteiger partial charge < -0.3 is 19.9 Å². The predicted molar refractivity (Wildman–Crippen MR) is 87.4 cm³/mol. The molecule has 22 heavy (non-hydrogen) atoms. The van der Waals surface area contributed by atoms with Crippen LogP contribution in [0.3, 0.4) is 0 Å². The van der Waals surface area contributed by atoms with Gasteiger partial charge in [-0.25, -0.2) is 0 Å². The molecule has 118 valence electrons. The summed E-state index contributed by atoms with van der Waals surface area (Å²) in [6, 6.07) is 15.6. The second kappa shape index (κ2) is 7.82. The molecule has 0 bridgehead atoms. The van der Waals surface area contributed by atoms with Crippen LogP contribution < -0.4 is 14.8 Å². The van der Waals surface area contributed by atoms with Crippen molar-refractivity contribution in [3.8, 4) is 11.5 Å². The van der Waals surface area contributed by atoms with Crippen LogP contribution in [-0.2, 0) is 0 Å². The molecule has 0 spiro atoms. The topological polar surface area (TPSA) is 50.7 Å². The van der Waals surface area contributed by atoms with Gasteiger partial charge in [0, 0.05) is 6.04 Å². The molecule has 0 radical (unpaired) electrons. The quantitative estimate of drug-likeness (QED) is 0.825. The van der Waals surface area contributed by atoms with Gasteiger partial charge in [0.05, 0.1) is 26.9 Å². The van der Waals surface area contributed by atoms with E-state index < -0.39 is 0 Å². The Morgan fingerprint density at radius 1 is 0.955 bits per heavy atom. The SMILES string of the molecule is COc1ccc(C(C)NC(CO)c2cccc(OC)c2)cc1. The predicted octanol–water partition coefficient (Wildman–Crippen LogP) is 3.09. The molecule has 2 unspecified atom stereocenters. The van der Waals surface area contributed by atoms with E-state index in [9.17, 15) is 5.11 Å². The maximum Gasteiger partial charge on any atom is 0.119 e. The summed E-state index contributed by atoms with van der Waals surface area (Å²) < 4.78 is 10.4. The summed E-state index contributed by atoms with van der Waals surface area (Å²) in [5.74, 6) is 1.62. The first-order valence-corrected chi connectivity index (χ1v) is 7.32. The summed E-state index contributed by atoms with van der Waals surface area (Å²) in [7, 11) is 3.29. The van der Waals surface area contributed by atoms with Gasteiger partial charge >= 0.3 is 0 Å². The smallest absolute Gasteiger partial charge is 0.119 e. The molecule has 4 heteroatoms. The highest BCUT2D eigenvalue weighted by atomic mass is 16.5. The lowest BCUT2D eigenvalue weighted by Gasteiger charge is -2.23. The number of aliphatic hydroxyl groups excluding tert-OH is 1. The zero-order valence-electron chi connectivity index (χ0n) is 13.2. The van der Waals surface area contributed by atoms with E-state index in [0.717, 1.165) is 22.6 Å². The van der Waals surface area contributed by atoms with Gasteiger partial charge in [-0.1, -0.05) is 24.3 Å². The number of methoxy groups -OCH3 is 2. The fourth-order valence-electron chi connectivity index (χ4n) is 2.40. The molecule has 0 aliphatic rings. The van der Waals surface area contributed by atoms with Gasteiger partial charge in [0.2, 0.25) is 0 Å². The molecule has 0 heterocycles. The van der Waals surface area contributed by atoms with E-state index in [2.05, 4.69) is 12.2 Å². The summed E-state index contributed by atoms with van der Waals surface area (Å²) >= 11 is 0. The van der Waals surface area contributed by atoms with Crippen molar-refractivity contribution in [2.75, 3.05) is 20.8 Å². The molecule has 0 aliphatic carbocycles. The fraction of sp³-hybridized carbons (Fsp3) is 0.333. The molecule has 2 aromatic rings. The minimum atomic E-state index is -0.146. The number of nitrogens with one attached hydrogen (secondary N) is 1. The van der Waals surface area contributed by atoms with Crippen LogP contribution >= 0.6 is 0 Å². The first-order chi connectivity index (χ1) is 10.7. The van der Waals surface area contributed by atoms with Gasteiger partial charge in [0.15, 0.2) is 0 Å². The Bertz CT molecular complexity index is 583. The second-order valence-electron chi connectivity index (χ2n) is 5.17. The Morgan fingerprint density at radius 2 is 1.64 bits per heavy atom. The molecule has 0 fully saturated rings. The van der Waals surface area contributed by atoms with Crippen molar-refractivity contribution < 1.29 is 14.6 Å². The van der Waals surface area contributed by atoms with E-state index in [0.29, 0.717) is 0 Å². The second-order valence-corrected chi connectivity index (χ2v) is 5.17. The van der Waals surface area contributed by atoms with E-state index >= 15 is 0 Å². The van der Waals surface area contributed by atoms with Crippen LogP contribution in [0.1, 0.15) is 30.1 Å². The number of hydrogen-bond acceptors (Lipinski definition) is 4. The van der Waals surface area contributed by atoms with Gasteiger partial charge in [0.25, 0.3) is 0 Å². The number of benzene rings is 2. The van der Waals surface area contributed by atoms with Gasteiger partial charge in [-0.15, -0.1) is 0 Å². The molecule has 0 aliphatic heterocycles. The highest BCUT2D eigenvalue weighted by molar-refractivity contribution is 5.32. The van der Waals surface area contributed by atoms with E-state index in [1.54, 1.807) is 14.2 Å². The summed E-state index contributed by atoms with van der Waals surface area (Å²) in [4.78, 5) is 0. The van der Waals surface area contributed by atoms with Crippen LogP contribution in [-0.4, -0.2) is 25.9 Å². The number of ether oxygens (including phenoxy) is 2. The summed E-state index contributed by atoms with van der Waals surface area (Å²) in [5, 5.41) is 13.1. The minimum Gasteiger partial charge on any atom is -0.497 e. The molecule has 0 saturated heterocycles. The molecular formula is C18H23NO3. The number of rotatable bonds is 7. The monoisotopic (exact) mass is 301 g/mol. The lowest BCUT2D eigenvalue weighted by Crippen LogP contribution is -2.27.